The van der Waals surface area contributed by atoms with Crippen LogP contribution in [0, 0.1) is 0 Å². The van der Waals surface area contributed by atoms with Gasteiger partial charge in [-0.05, 0) is 24.9 Å². The van der Waals surface area contributed by atoms with Gasteiger partial charge in [-0.15, -0.1) is 0 Å². The minimum atomic E-state index is -0.797. The quantitative estimate of drug-likeness (QED) is 0.811. The Hall–Kier alpha value is -0.950. The normalized spacial score (nSPS) is 14.4. The number of nitrogens with two attached hydrogens (primary N) is 1. The number of halogens is 1. The standard InChI is InChI=1S/C8H14ClN5OS/c1-5(3-4-16(2)15)11-8-13-6(9)12-7(10)14-8/h5H,3-4H2,1-2H3,(H3,10,11,12,13,14). The first-order valence-electron chi connectivity index (χ1n) is 4.71. The van der Waals surface area contributed by atoms with Crippen molar-refractivity contribution in [2.45, 2.75) is 19.4 Å². The van der Waals surface area contributed by atoms with E-state index >= 15 is 0 Å². The topological polar surface area (TPSA) is 93.8 Å². The maximum atomic E-state index is 10.9. The molecule has 16 heavy (non-hydrogen) atoms. The van der Waals surface area contributed by atoms with Crippen molar-refractivity contribution in [3.63, 3.8) is 0 Å². The Balaban J connectivity index is 2.55. The van der Waals surface area contributed by atoms with Gasteiger partial charge >= 0.3 is 0 Å². The number of rotatable bonds is 5. The summed E-state index contributed by atoms with van der Waals surface area (Å²) in [6.07, 6.45) is 2.43. The van der Waals surface area contributed by atoms with Crippen LogP contribution >= 0.6 is 11.6 Å². The summed E-state index contributed by atoms with van der Waals surface area (Å²) in [5.41, 5.74) is 5.42. The average molecular weight is 264 g/mol. The van der Waals surface area contributed by atoms with Gasteiger partial charge in [-0.25, -0.2) is 0 Å². The third-order valence-corrected chi connectivity index (χ3v) is 2.82. The Morgan fingerprint density at radius 3 is 2.75 bits per heavy atom. The van der Waals surface area contributed by atoms with Gasteiger partial charge in [0.2, 0.25) is 17.2 Å². The summed E-state index contributed by atoms with van der Waals surface area (Å²) in [6, 6.07) is 0.0989. The third-order valence-electron chi connectivity index (χ3n) is 1.84. The lowest BCUT2D eigenvalue weighted by atomic mass is 10.3. The van der Waals surface area contributed by atoms with Gasteiger partial charge in [-0.2, -0.15) is 15.0 Å². The van der Waals surface area contributed by atoms with E-state index in [0.29, 0.717) is 11.7 Å². The summed E-state index contributed by atoms with van der Waals surface area (Å²) in [4.78, 5) is 11.4. The lowest BCUT2D eigenvalue weighted by molar-refractivity contribution is 0.677. The predicted molar refractivity (Wildman–Crippen MR) is 65.9 cm³/mol. The van der Waals surface area contributed by atoms with Crippen molar-refractivity contribution < 1.29 is 4.21 Å². The molecule has 0 aliphatic carbocycles. The van der Waals surface area contributed by atoms with Gasteiger partial charge in [0, 0.05) is 28.9 Å². The van der Waals surface area contributed by atoms with E-state index in [1.165, 1.54) is 0 Å². The molecule has 6 nitrogen and oxygen atoms in total. The number of anilines is 2. The SMILES string of the molecule is CC(CCS(C)=O)Nc1nc(N)nc(Cl)n1. The Labute approximate surface area is 101 Å². The molecular weight excluding hydrogens is 250 g/mol. The van der Waals surface area contributed by atoms with Gasteiger partial charge in [0.15, 0.2) is 0 Å². The summed E-state index contributed by atoms with van der Waals surface area (Å²) in [7, 11) is -0.797. The molecule has 2 atom stereocenters. The number of nitrogen functional groups attached to an aromatic ring is 1. The van der Waals surface area contributed by atoms with Gasteiger partial charge in [0.1, 0.15) is 0 Å². The number of nitrogens with zero attached hydrogens (tertiary/aromatic N) is 3. The summed E-state index contributed by atoms with van der Waals surface area (Å²) < 4.78 is 10.9. The predicted octanol–water partition coefficient (Wildman–Crippen LogP) is 0.676. The second-order valence-corrected chi connectivity index (χ2v) is 5.29. The van der Waals surface area contributed by atoms with E-state index in [0.717, 1.165) is 6.42 Å². The third kappa shape index (κ3) is 4.71. The summed E-state index contributed by atoms with van der Waals surface area (Å²) >= 11 is 5.63. The fourth-order valence-electron chi connectivity index (χ4n) is 1.07. The fourth-order valence-corrected chi connectivity index (χ4v) is 1.92. The zero-order valence-corrected chi connectivity index (χ0v) is 10.7. The molecule has 0 bridgehead atoms. The van der Waals surface area contributed by atoms with Crippen LogP contribution in [0.1, 0.15) is 13.3 Å². The lowest BCUT2D eigenvalue weighted by Crippen LogP contribution is -2.20. The van der Waals surface area contributed by atoms with Gasteiger partial charge < -0.3 is 11.1 Å². The molecule has 0 aromatic carbocycles. The molecule has 0 radical (unpaired) electrons. The van der Waals surface area contributed by atoms with E-state index in [4.69, 9.17) is 17.3 Å². The van der Waals surface area contributed by atoms with Crippen molar-refractivity contribution in [3.05, 3.63) is 5.28 Å². The van der Waals surface area contributed by atoms with Crippen LogP contribution in [0.15, 0.2) is 0 Å². The van der Waals surface area contributed by atoms with E-state index < -0.39 is 10.8 Å². The molecular formula is C8H14ClN5OS. The van der Waals surface area contributed by atoms with E-state index in [1.807, 2.05) is 6.92 Å². The van der Waals surface area contributed by atoms with Gasteiger partial charge in [-0.3, -0.25) is 4.21 Å². The first kappa shape index (κ1) is 13.1. The summed E-state index contributed by atoms with van der Waals surface area (Å²) in [6.45, 7) is 1.95. The smallest absolute Gasteiger partial charge is 0.229 e. The highest BCUT2D eigenvalue weighted by Gasteiger charge is 2.07. The van der Waals surface area contributed by atoms with Crippen LogP contribution in [0.3, 0.4) is 0 Å². The fraction of sp³-hybridized carbons (Fsp3) is 0.625. The minimum Gasteiger partial charge on any atom is -0.368 e. The maximum Gasteiger partial charge on any atom is 0.229 e. The summed E-state index contributed by atoms with van der Waals surface area (Å²) in [5.74, 6) is 1.04. The van der Waals surface area contributed by atoms with Crippen LogP contribution in [-0.4, -0.2) is 37.2 Å². The molecule has 1 aromatic heterocycles. The Morgan fingerprint density at radius 2 is 2.19 bits per heavy atom. The monoisotopic (exact) mass is 263 g/mol. The highest BCUT2D eigenvalue weighted by molar-refractivity contribution is 7.84. The molecule has 1 heterocycles. The van der Waals surface area contributed by atoms with Crippen molar-refractivity contribution in [3.8, 4) is 0 Å². The second kappa shape index (κ2) is 5.95. The minimum absolute atomic E-state index is 0.0567. The molecule has 1 aromatic rings. The van der Waals surface area contributed by atoms with Crippen LogP contribution in [0.2, 0.25) is 5.28 Å². The zero-order valence-electron chi connectivity index (χ0n) is 9.11. The van der Waals surface area contributed by atoms with E-state index in [2.05, 4.69) is 20.3 Å². The van der Waals surface area contributed by atoms with E-state index in [9.17, 15) is 4.21 Å². The molecule has 0 amide bonds. The number of nitrogens with one attached hydrogen (secondary N) is 1. The molecule has 0 fully saturated rings. The molecule has 90 valence electrons. The largest absolute Gasteiger partial charge is 0.368 e. The summed E-state index contributed by atoms with van der Waals surface area (Å²) in [5, 5.41) is 3.07. The van der Waals surface area contributed by atoms with Crippen molar-refractivity contribution in [2.24, 2.45) is 0 Å². The molecule has 0 aliphatic heterocycles. The van der Waals surface area contributed by atoms with Gasteiger partial charge in [0.05, 0.1) is 0 Å². The molecule has 0 saturated carbocycles. The first-order chi connectivity index (χ1) is 7.47. The Bertz CT molecular complexity index is 368. The number of aromatic nitrogens is 3. The molecule has 3 N–H and O–H groups in total. The Morgan fingerprint density at radius 1 is 1.50 bits per heavy atom. The van der Waals surface area contributed by atoms with Gasteiger partial charge in [-0.1, -0.05) is 0 Å². The van der Waals surface area contributed by atoms with Crippen LogP contribution < -0.4 is 11.1 Å². The van der Waals surface area contributed by atoms with Crippen LogP contribution in [0.5, 0.6) is 0 Å². The number of hydrogen-bond donors (Lipinski definition) is 2. The molecule has 1 rings (SSSR count). The van der Waals surface area contributed by atoms with E-state index in [-0.39, 0.29) is 17.3 Å². The van der Waals surface area contributed by atoms with Crippen molar-refractivity contribution >= 4 is 34.3 Å². The molecule has 0 saturated heterocycles. The van der Waals surface area contributed by atoms with Crippen molar-refractivity contribution in [1.82, 2.24) is 15.0 Å². The average Bonchev–Trinajstić information content (AvgIpc) is 2.12. The van der Waals surface area contributed by atoms with Crippen LogP contribution in [0.4, 0.5) is 11.9 Å². The number of hydrogen-bond acceptors (Lipinski definition) is 6. The lowest BCUT2D eigenvalue weighted by Gasteiger charge is -2.12. The molecule has 0 spiro atoms. The first-order valence-corrected chi connectivity index (χ1v) is 6.81. The van der Waals surface area contributed by atoms with Crippen LogP contribution in [0.25, 0.3) is 0 Å². The zero-order chi connectivity index (χ0) is 12.1. The van der Waals surface area contributed by atoms with Crippen molar-refractivity contribution in [1.29, 1.82) is 0 Å². The van der Waals surface area contributed by atoms with Crippen LogP contribution in [-0.2, 0) is 10.8 Å². The molecule has 2 unspecified atom stereocenters. The maximum absolute atomic E-state index is 10.9. The highest BCUT2D eigenvalue weighted by Crippen LogP contribution is 2.09. The second-order valence-electron chi connectivity index (χ2n) is 3.40. The van der Waals surface area contributed by atoms with Crippen molar-refractivity contribution in [2.75, 3.05) is 23.1 Å². The highest BCUT2D eigenvalue weighted by atomic mass is 35.5. The van der Waals surface area contributed by atoms with Gasteiger partial charge in [0.25, 0.3) is 0 Å². The molecule has 8 heteroatoms. The Kier molecular flexibility index (Phi) is 4.88. The van der Waals surface area contributed by atoms with E-state index in [1.54, 1.807) is 6.26 Å². The molecule has 0 aliphatic rings.